The Morgan fingerprint density at radius 2 is 1.75 bits per heavy atom. The minimum absolute atomic E-state index is 0.276. The van der Waals surface area contributed by atoms with Crippen molar-refractivity contribution >= 4 is 39.8 Å². The van der Waals surface area contributed by atoms with Crippen LogP contribution in [0.25, 0.3) is 0 Å². The first kappa shape index (κ1) is 21.4. The van der Waals surface area contributed by atoms with Crippen molar-refractivity contribution in [3.05, 3.63) is 40.3 Å². The van der Waals surface area contributed by atoms with E-state index < -0.39 is 18.0 Å². The van der Waals surface area contributed by atoms with Crippen LogP contribution in [-0.2, 0) is 14.3 Å². The van der Waals surface area contributed by atoms with E-state index in [0.717, 1.165) is 10.4 Å². The van der Waals surface area contributed by atoms with Crippen LogP contribution in [0.3, 0.4) is 0 Å². The van der Waals surface area contributed by atoms with Crippen molar-refractivity contribution in [2.45, 2.75) is 40.7 Å². The Kier molecular flexibility index (Phi) is 7.17. The number of carbonyl (C=O) groups is 3. The molecule has 0 spiro atoms. The SMILES string of the molecule is CCOc1ccc(NC(=O)C(C)OC(=O)c2c(NC(C)=O)sc(C)c2C)cc1. The molecule has 0 aliphatic heterocycles. The lowest BCUT2D eigenvalue weighted by molar-refractivity contribution is -0.123. The van der Waals surface area contributed by atoms with Gasteiger partial charge in [-0.05, 0) is 57.5 Å². The molecular weight excluding hydrogens is 380 g/mol. The second-order valence-electron chi connectivity index (χ2n) is 6.16. The standard InChI is InChI=1S/C20H24N2O5S/c1-6-26-16-9-7-15(8-10-16)22-18(24)12(3)27-20(25)17-11(2)13(4)28-19(17)21-14(5)23/h7-10,12H,6H2,1-5H3,(H,21,23)(H,22,24). The molecule has 2 amide bonds. The van der Waals surface area contributed by atoms with Gasteiger partial charge in [-0.2, -0.15) is 0 Å². The average Bonchev–Trinajstić information content (AvgIpc) is 2.89. The number of rotatable bonds is 7. The van der Waals surface area contributed by atoms with Gasteiger partial charge in [0.15, 0.2) is 6.10 Å². The summed E-state index contributed by atoms with van der Waals surface area (Å²) in [4.78, 5) is 37.2. The molecule has 0 aliphatic carbocycles. The number of hydrogen-bond acceptors (Lipinski definition) is 6. The quantitative estimate of drug-likeness (QED) is 0.683. The molecule has 0 bridgehead atoms. The van der Waals surface area contributed by atoms with Gasteiger partial charge >= 0.3 is 5.97 Å². The van der Waals surface area contributed by atoms with Crippen LogP contribution in [-0.4, -0.2) is 30.5 Å². The Hall–Kier alpha value is -2.87. The van der Waals surface area contributed by atoms with Crippen LogP contribution in [0.2, 0.25) is 0 Å². The van der Waals surface area contributed by atoms with Gasteiger partial charge in [-0.15, -0.1) is 11.3 Å². The van der Waals surface area contributed by atoms with Gasteiger partial charge in [0.05, 0.1) is 12.2 Å². The molecule has 2 aromatic rings. The Labute approximate surface area is 168 Å². The number of anilines is 2. The van der Waals surface area contributed by atoms with Crippen LogP contribution in [0.4, 0.5) is 10.7 Å². The topological polar surface area (TPSA) is 93.7 Å². The van der Waals surface area contributed by atoms with Crippen LogP contribution >= 0.6 is 11.3 Å². The maximum atomic E-state index is 12.6. The number of esters is 1. The van der Waals surface area contributed by atoms with E-state index >= 15 is 0 Å². The highest BCUT2D eigenvalue weighted by Crippen LogP contribution is 2.33. The number of ether oxygens (including phenoxy) is 2. The minimum atomic E-state index is -1.01. The van der Waals surface area contributed by atoms with Crippen molar-refractivity contribution in [2.75, 3.05) is 17.2 Å². The van der Waals surface area contributed by atoms with E-state index in [1.807, 2.05) is 13.8 Å². The van der Waals surface area contributed by atoms with Crippen molar-refractivity contribution in [2.24, 2.45) is 0 Å². The van der Waals surface area contributed by atoms with Gasteiger partial charge in [-0.25, -0.2) is 4.79 Å². The van der Waals surface area contributed by atoms with Gasteiger partial charge in [-0.1, -0.05) is 0 Å². The fraction of sp³-hybridized carbons (Fsp3) is 0.350. The summed E-state index contributed by atoms with van der Waals surface area (Å²) >= 11 is 1.30. The zero-order chi connectivity index (χ0) is 20.8. The number of hydrogen-bond donors (Lipinski definition) is 2. The third-order valence-electron chi connectivity index (χ3n) is 3.96. The summed E-state index contributed by atoms with van der Waals surface area (Å²) < 4.78 is 10.7. The molecule has 1 aromatic carbocycles. The van der Waals surface area contributed by atoms with E-state index in [-0.39, 0.29) is 11.5 Å². The molecule has 8 heteroatoms. The third-order valence-corrected chi connectivity index (χ3v) is 5.09. The van der Waals surface area contributed by atoms with Crippen molar-refractivity contribution in [3.8, 4) is 5.75 Å². The fourth-order valence-corrected chi connectivity index (χ4v) is 3.53. The van der Waals surface area contributed by atoms with Crippen molar-refractivity contribution in [1.29, 1.82) is 0 Å². The number of nitrogens with one attached hydrogen (secondary N) is 2. The van der Waals surface area contributed by atoms with E-state index in [1.165, 1.54) is 25.2 Å². The first-order chi connectivity index (χ1) is 13.2. The summed E-state index contributed by atoms with van der Waals surface area (Å²) in [5, 5.41) is 5.76. The van der Waals surface area contributed by atoms with E-state index in [2.05, 4.69) is 10.6 Å². The molecule has 150 valence electrons. The molecule has 1 heterocycles. The predicted molar refractivity (Wildman–Crippen MR) is 109 cm³/mol. The smallest absolute Gasteiger partial charge is 0.342 e. The Morgan fingerprint density at radius 1 is 1.11 bits per heavy atom. The monoisotopic (exact) mass is 404 g/mol. The van der Waals surface area contributed by atoms with Crippen LogP contribution in [0, 0.1) is 13.8 Å². The van der Waals surface area contributed by atoms with Crippen molar-refractivity contribution < 1.29 is 23.9 Å². The van der Waals surface area contributed by atoms with E-state index in [1.54, 1.807) is 31.2 Å². The molecule has 2 rings (SSSR count). The Balaban J connectivity index is 2.05. The summed E-state index contributed by atoms with van der Waals surface area (Å²) in [6, 6.07) is 6.90. The molecule has 7 nitrogen and oxygen atoms in total. The van der Waals surface area contributed by atoms with Crippen LogP contribution in [0.5, 0.6) is 5.75 Å². The molecule has 1 aromatic heterocycles. The van der Waals surface area contributed by atoms with Gasteiger partial charge in [-0.3, -0.25) is 9.59 Å². The molecule has 0 aliphatic rings. The van der Waals surface area contributed by atoms with Gasteiger partial charge in [0.2, 0.25) is 5.91 Å². The minimum Gasteiger partial charge on any atom is -0.494 e. The fourth-order valence-electron chi connectivity index (χ4n) is 2.44. The molecule has 0 radical (unpaired) electrons. The average molecular weight is 404 g/mol. The molecule has 1 atom stereocenters. The van der Waals surface area contributed by atoms with E-state index in [0.29, 0.717) is 23.0 Å². The normalized spacial score (nSPS) is 11.5. The summed E-state index contributed by atoms with van der Waals surface area (Å²) in [5.74, 6) is -0.687. The zero-order valence-electron chi connectivity index (χ0n) is 16.5. The van der Waals surface area contributed by atoms with Gasteiger partial charge in [0.1, 0.15) is 10.8 Å². The molecule has 0 saturated heterocycles. The molecule has 0 fully saturated rings. The third kappa shape index (κ3) is 5.32. The lowest BCUT2D eigenvalue weighted by atomic mass is 10.1. The van der Waals surface area contributed by atoms with E-state index in [4.69, 9.17) is 9.47 Å². The largest absolute Gasteiger partial charge is 0.494 e. The lowest BCUT2D eigenvalue weighted by Crippen LogP contribution is -2.30. The second-order valence-corrected chi connectivity index (χ2v) is 7.39. The number of aryl methyl sites for hydroxylation is 1. The highest BCUT2D eigenvalue weighted by molar-refractivity contribution is 7.16. The molecule has 2 N–H and O–H groups in total. The summed E-state index contributed by atoms with van der Waals surface area (Å²) in [7, 11) is 0. The summed E-state index contributed by atoms with van der Waals surface area (Å²) in [5.41, 5.74) is 1.56. The van der Waals surface area contributed by atoms with Crippen molar-refractivity contribution in [3.63, 3.8) is 0 Å². The lowest BCUT2D eigenvalue weighted by Gasteiger charge is -2.14. The molecule has 0 saturated carbocycles. The maximum Gasteiger partial charge on any atom is 0.342 e. The Bertz CT molecular complexity index is 873. The highest BCUT2D eigenvalue weighted by atomic mass is 32.1. The predicted octanol–water partition coefficient (Wildman–Crippen LogP) is 3.91. The number of benzene rings is 1. The van der Waals surface area contributed by atoms with Crippen molar-refractivity contribution in [1.82, 2.24) is 0 Å². The first-order valence-electron chi connectivity index (χ1n) is 8.85. The number of carbonyl (C=O) groups excluding carboxylic acids is 3. The van der Waals surface area contributed by atoms with Crippen LogP contribution < -0.4 is 15.4 Å². The summed E-state index contributed by atoms with van der Waals surface area (Å²) in [6.07, 6.45) is -1.01. The van der Waals surface area contributed by atoms with Crippen LogP contribution in [0.15, 0.2) is 24.3 Å². The first-order valence-corrected chi connectivity index (χ1v) is 9.66. The van der Waals surface area contributed by atoms with Crippen LogP contribution in [0.1, 0.15) is 41.6 Å². The molecular formula is C20H24N2O5S. The van der Waals surface area contributed by atoms with E-state index in [9.17, 15) is 14.4 Å². The highest BCUT2D eigenvalue weighted by Gasteiger charge is 2.25. The second kappa shape index (κ2) is 9.36. The molecule has 1 unspecified atom stereocenters. The molecule has 28 heavy (non-hydrogen) atoms. The van der Waals surface area contributed by atoms with Gasteiger partial charge in [0.25, 0.3) is 5.91 Å². The number of thiophene rings is 1. The zero-order valence-corrected chi connectivity index (χ0v) is 17.4. The van der Waals surface area contributed by atoms with Gasteiger partial charge in [0, 0.05) is 17.5 Å². The maximum absolute atomic E-state index is 12.6. The summed E-state index contributed by atoms with van der Waals surface area (Å²) in [6.45, 7) is 8.93. The Morgan fingerprint density at radius 3 is 2.32 bits per heavy atom. The number of amides is 2. The van der Waals surface area contributed by atoms with Gasteiger partial charge < -0.3 is 20.1 Å².